The predicted octanol–water partition coefficient (Wildman–Crippen LogP) is 3.27. The maximum Gasteiger partial charge on any atom is 0.253 e. The Morgan fingerprint density at radius 3 is 2.94 bits per heavy atom. The van der Waals surface area contributed by atoms with E-state index in [2.05, 4.69) is 32.9 Å². The minimum Gasteiger partial charge on any atom is -0.348 e. The first-order valence-electron chi connectivity index (χ1n) is 5.29. The predicted molar refractivity (Wildman–Crippen MR) is 79.6 cm³/mol. The van der Waals surface area contributed by atoms with Gasteiger partial charge in [0.2, 0.25) is 0 Å². The number of nitrogens with zero attached hydrogens (tertiary/aromatic N) is 1. The van der Waals surface area contributed by atoms with E-state index >= 15 is 0 Å². The van der Waals surface area contributed by atoms with E-state index in [-0.39, 0.29) is 5.91 Å². The van der Waals surface area contributed by atoms with Crippen molar-refractivity contribution in [2.75, 3.05) is 0 Å². The van der Waals surface area contributed by atoms with Gasteiger partial charge < -0.3 is 5.32 Å². The van der Waals surface area contributed by atoms with E-state index in [9.17, 15) is 4.79 Å². The van der Waals surface area contributed by atoms with Crippen LogP contribution in [0, 0.1) is 3.57 Å². The van der Waals surface area contributed by atoms with Crippen LogP contribution in [-0.2, 0) is 6.54 Å². The molecule has 18 heavy (non-hydrogen) atoms. The van der Waals surface area contributed by atoms with Crippen molar-refractivity contribution in [1.29, 1.82) is 0 Å². The Hall–Kier alpha value is -1.14. The van der Waals surface area contributed by atoms with Crippen LogP contribution in [0.3, 0.4) is 0 Å². The number of aromatic nitrogens is 1. The average Bonchev–Trinajstić information content (AvgIpc) is 2.40. The first-order valence-corrected chi connectivity index (χ1v) is 6.74. The van der Waals surface area contributed by atoms with E-state index in [1.54, 1.807) is 24.5 Å². The minimum absolute atomic E-state index is 0.178. The van der Waals surface area contributed by atoms with Crippen LogP contribution in [0.2, 0.25) is 5.02 Å². The molecule has 0 saturated heterocycles. The maximum absolute atomic E-state index is 12.0. The van der Waals surface area contributed by atoms with Crippen LogP contribution in [0.4, 0.5) is 0 Å². The van der Waals surface area contributed by atoms with Crippen molar-refractivity contribution in [3.05, 3.63) is 62.4 Å². The lowest BCUT2D eigenvalue weighted by atomic mass is 10.2. The molecule has 0 fully saturated rings. The van der Waals surface area contributed by atoms with Crippen molar-refractivity contribution in [1.82, 2.24) is 10.3 Å². The second-order valence-corrected chi connectivity index (χ2v) is 5.32. The highest BCUT2D eigenvalue weighted by Crippen LogP contribution is 2.18. The Morgan fingerprint density at radius 2 is 2.22 bits per heavy atom. The molecule has 0 aliphatic carbocycles. The third-order valence-corrected chi connectivity index (χ3v) is 3.35. The van der Waals surface area contributed by atoms with Gasteiger partial charge in [-0.3, -0.25) is 9.78 Å². The normalized spacial score (nSPS) is 10.1. The maximum atomic E-state index is 12.0. The molecule has 0 radical (unpaired) electrons. The van der Waals surface area contributed by atoms with Crippen LogP contribution in [0.1, 0.15) is 15.9 Å². The van der Waals surface area contributed by atoms with Crippen molar-refractivity contribution in [2.24, 2.45) is 0 Å². The van der Waals surface area contributed by atoms with Gasteiger partial charge in [0, 0.05) is 22.5 Å². The molecule has 1 aromatic heterocycles. The minimum atomic E-state index is -0.178. The molecule has 92 valence electrons. The molecular weight excluding hydrogens is 363 g/mol. The van der Waals surface area contributed by atoms with Crippen LogP contribution in [0.15, 0.2) is 42.7 Å². The summed E-state index contributed by atoms with van der Waals surface area (Å²) in [5.74, 6) is -0.178. The summed E-state index contributed by atoms with van der Waals surface area (Å²) in [4.78, 5) is 16.0. The van der Waals surface area contributed by atoms with Gasteiger partial charge in [-0.1, -0.05) is 17.7 Å². The number of pyridine rings is 1. The summed E-state index contributed by atoms with van der Waals surface area (Å²) in [7, 11) is 0. The quantitative estimate of drug-likeness (QED) is 0.840. The van der Waals surface area contributed by atoms with Crippen molar-refractivity contribution in [3.63, 3.8) is 0 Å². The third-order valence-electron chi connectivity index (χ3n) is 2.35. The van der Waals surface area contributed by atoms with Crippen molar-refractivity contribution < 1.29 is 4.79 Å². The Kier molecular flexibility index (Phi) is 4.54. The number of benzene rings is 1. The molecular formula is C13H10ClIN2O. The third kappa shape index (κ3) is 3.43. The Bertz CT molecular complexity index is 560. The standard InChI is InChI=1S/C13H10ClIN2O/c14-12-4-3-10(15)6-11(12)13(18)17-8-9-2-1-5-16-7-9/h1-7H,8H2,(H,17,18). The Balaban J connectivity index is 2.06. The number of hydrogen-bond acceptors (Lipinski definition) is 2. The average molecular weight is 373 g/mol. The van der Waals surface area contributed by atoms with Crippen LogP contribution in [0.5, 0.6) is 0 Å². The number of nitrogens with one attached hydrogen (secondary N) is 1. The topological polar surface area (TPSA) is 42.0 Å². The van der Waals surface area contributed by atoms with E-state index in [1.807, 2.05) is 18.2 Å². The Labute approximate surface area is 124 Å². The molecule has 1 N–H and O–H groups in total. The highest BCUT2D eigenvalue weighted by atomic mass is 127. The van der Waals surface area contributed by atoms with Crippen molar-refractivity contribution >= 4 is 40.1 Å². The van der Waals surface area contributed by atoms with Gasteiger partial charge >= 0.3 is 0 Å². The summed E-state index contributed by atoms with van der Waals surface area (Å²) in [5.41, 5.74) is 1.44. The molecule has 2 rings (SSSR count). The second-order valence-electron chi connectivity index (χ2n) is 3.67. The summed E-state index contributed by atoms with van der Waals surface area (Å²) in [6.07, 6.45) is 3.42. The number of amides is 1. The van der Waals surface area contributed by atoms with Gasteiger partial charge in [-0.25, -0.2) is 0 Å². The fourth-order valence-electron chi connectivity index (χ4n) is 1.45. The van der Waals surface area contributed by atoms with Crippen LogP contribution >= 0.6 is 34.2 Å². The van der Waals surface area contributed by atoms with Gasteiger partial charge in [0.05, 0.1) is 10.6 Å². The second kappa shape index (κ2) is 6.15. The molecule has 0 atom stereocenters. The van der Waals surface area contributed by atoms with Gasteiger partial charge in [-0.2, -0.15) is 0 Å². The van der Waals surface area contributed by atoms with Crippen LogP contribution < -0.4 is 5.32 Å². The van der Waals surface area contributed by atoms with Gasteiger partial charge in [0.1, 0.15) is 0 Å². The number of hydrogen-bond donors (Lipinski definition) is 1. The van der Waals surface area contributed by atoms with Gasteiger partial charge in [0.15, 0.2) is 0 Å². The zero-order chi connectivity index (χ0) is 13.0. The van der Waals surface area contributed by atoms with E-state index in [1.165, 1.54) is 0 Å². The molecule has 0 bridgehead atoms. The SMILES string of the molecule is O=C(NCc1cccnc1)c1cc(I)ccc1Cl. The molecule has 5 heteroatoms. The highest BCUT2D eigenvalue weighted by molar-refractivity contribution is 14.1. The molecule has 0 unspecified atom stereocenters. The van der Waals surface area contributed by atoms with Gasteiger partial charge in [-0.05, 0) is 52.4 Å². The monoisotopic (exact) mass is 372 g/mol. The fraction of sp³-hybridized carbons (Fsp3) is 0.0769. The first kappa shape index (κ1) is 13.3. The van der Waals surface area contributed by atoms with E-state index in [4.69, 9.17) is 11.6 Å². The highest BCUT2D eigenvalue weighted by Gasteiger charge is 2.10. The molecule has 0 aliphatic rings. The lowest BCUT2D eigenvalue weighted by molar-refractivity contribution is 0.0951. The number of halogens is 2. The lowest BCUT2D eigenvalue weighted by Crippen LogP contribution is -2.23. The molecule has 3 nitrogen and oxygen atoms in total. The molecule has 1 heterocycles. The van der Waals surface area contributed by atoms with E-state index < -0.39 is 0 Å². The van der Waals surface area contributed by atoms with E-state index in [0.717, 1.165) is 9.13 Å². The molecule has 2 aromatic rings. The van der Waals surface area contributed by atoms with E-state index in [0.29, 0.717) is 17.1 Å². The first-order chi connectivity index (χ1) is 8.66. The smallest absolute Gasteiger partial charge is 0.253 e. The van der Waals surface area contributed by atoms with Crippen molar-refractivity contribution in [2.45, 2.75) is 6.54 Å². The Morgan fingerprint density at radius 1 is 1.39 bits per heavy atom. The molecule has 0 saturated carbocycles. The molecule has 0 aliphatic heterocycles. The summed E-state index contributed by atoms with van der Waals surface area (Å²) in [6.45, 7) is 0.439. The molecule has 1 aromatic carbocycles. The van der Waals surface area contributed by atoms with Crippen molar-refractivity contribution in [3.8, 4) is 0 Å². The summed E-state index contributed by atoms with van der Waals surface area (Å²) >= 11 is 8.14. The number of carbonyl (C=O) groups excluding carboxylic acids is 1. The molecule has 1 amide bonds. The van der Waals surface area contributed by atoms with Crippen LogP contribution in [-0.4, -0.2) is 10.9 Å². The van der Waals surface area contributed by atoms with Gasteiger partial charge in [0.25, 0.3) is 5.91 Å². The summed E-state index contributed by atoms with van der Waals surface area (Å²) < 4.78 is 0.975. The lowest BCUT2D eigenvalue weighted by Gasteiger charge is -2.07. The fourth-order valence-corrected chi connectivity index (χ4v) is 2.15. The van der Waals surface area contributed by atoms with Gasteiger partial charge in [-0.15, -0.1) is 0 Å². The zero-order valence-electron chi connectivity index (χ0n) is 9.36. The summed E-state index contributed by atoms with van der Waals surface area (Å²) in [5, 5.41) is 3.27. The molecule has 0 spiro atoms. The zero-order valence-corrected chi connectivity index (χ0v) is 12.3. The number of rotatable bonds is 3. The number of carbonyl (C=O) groups is 1. The van der Waals surface area contributed by atoms with Crippen LogP contribution in [0.25, 0.3) is 0 Å². The largest absolute Gasteiger partial charge is 0.348 e. The summed E-state index contributed by atoms with van der Waals surface area (Å²) in [6, 6.07) is 9.09.